The number of imidazole rings is 1. The summed E-state index contributed by atoms with van der Waals surface area (Å²) < 4.78 is 15.5. The molecule has 3 aromatic rings. The van der Waals surface area contributed by atoms with Crippen LogP contribution < -0.4 is 5.73 Å². The van der Waals surface area contributed by atoms with E-state index < -0.39 is 5.60 Å². The van der Waals surface area contributed by atoms with Crippen LogP contribution in [-0.4, -0.2) is 30.2 Å². The lowest BCUT2D eigenvalue weighted by Crippen LogP contribution is -2.22. The van der Waals surface area contributed by atoms with E-state index in [0.29, 0.717) is 47.8 Å². The van der Waals surface area contributed by atoms with Gasteiger partial charge in [0.1, 0.15) is 11.6 Å². The maximum atomic E-state index is 13.6. The second kappa shape index (κ2) is 7.44. The number of nitrogens with two attached hydrogens (primary N) is 1. The van der Waals surface area contributed by atoms with Crippen LogP contribution in [0, 0.1) is 5.82 Å². The smallest absolute Gasteiger partial charge is 0.166 e. The molecule has 0 atom stereocenters. The van der Waals surface area contributed by atoms with Crippen molar-refractivity contribution in [2.75, 3.05) is 5.73 Å². The third kappa shape index (κ3) is 3.68. The number of aromatic nitrogens is 4. The molecule has 0 aliphatic heterocycles. The Labute approximate surface area is 157 Å². The first-order valence-electron chi connectivity index (χ1n) is 9.12. The SMILES string of the molecule is CCn1c(-c2cccc(F)c2)nc2c(N)nc(/C=C/C(O)(CC)CC)nc21. The van der Waals surface area contributed by atoms with Gasteiger partial charge in [-0.2, -0.15) is 0 Å². The molecule has 0 saturated carbocycles. The molecule has 0 aliphatic rings. The van der Waals surface area contributed by atoms with Gasteiger partial charge in [0.15, 0.2) is 22.8 Å². The summed E-state index contributed by atoms with van der Waals surface area (Å²) in [4.78, 5) is 13.4. The molecule has 0 amide bonds. The molecule has 0 saturated heterocycles. The van der Waals surface area contributed by atoms with Gasteiger partial charge in [0.2, 0.25) is 0 Å². The van der Waals surface area contributed by atoms with Crippen molar-refractivity contribution in [3.8, 4) is 11.4 Å². The zero-order chi connectivity index (χ0) is 19.6. The zero-order valence-corrected chi connectivity index (χ0v) is 15.8. The minimum atomic E-state index is -0.898. The number of hydrogen-bond acceptors (Lipinski definition) is 5. The number of benzene rings is 1. The molecular weight excluding hydrogens is 345 g/mol. The lowest BCUT2D eigenvalue weighted by Gasteiger charge is -2.20. The van der Waals surface area contributed by atoms with E-state index in [-0.39, 0.29) is 11.6 Å². The highest BCUT2D eigenvalue weighted by Crippen LogP contribution is 2.27. The van der Waals surface area contributed by atoms with E-state index in [1.54, 1.807) is 24.3 Å². The predicted molar refractivity (Wildman–Crippen MR) is 105 cm³/mol. The number of aliphatic hydroxyl groups is 1. The van der Waals surface area contributed by atoms with Gasteiger partial charge in [-0.1, -0.05) is 26.0 Å². The van der Waals surface area contributed by atoms with E-state index in [1.165, 1.54) is 12.1 Å². The lowest BCUT2D eigenvalue weighted by molar-refractivity contribution is 0.0836. The summed E-state index contributed by atoms with van der Waals surface area (Å²) in [7, 11) is 0. The standard InChI is InChI=1S/C20H24FN5O/c1-4-20(27,5-2)11-10-15-23-17(22)16-19(24-15)26(6-3)18(25-16)13-8-7-9-14(21)12-13/h7-12,27H,4-6H2,1-3H3,(H2,22,23,24)/b11-10+. The van der Waals surface area contributed by atoms with Crippen molar-refractivity contribution in [1.29, 1.82) is 0 Å². The van der Waals surface area contributed by atoms with Gasteiger partial charge in [-0.3, -0.25) is 0 Å². The van der Waals surface area contributed by atoms with Crippen LogP contribution in [-0.2, 0) is 6.54 Å². The molecule has 2 aromatic heterocycles. The Morgan fingerprint density at radius 3 is 2.56 bits per heavy atom. The minimum absolute atomic E-state index is 0.251. The fraction of sp³-hybridized carbons (Fsp3) is 0.350. The number of nitrogens with zero attached hydrogens (tertiary/aromatic N) is 4. The van der Waals surface area contributed by atoms with Crippen LogP contribution in [0.25, 0.3) is 28.6 Å². The number of rotatable bonds is 6. The third-order valence-electron chi connectivity index (χ3n) is 4.81. The quantitative estimate of drug-likeness (QED) is 0.690. The fourth-order valence-corrected chi connectivity index (χ4v) is 2.98. The summed E-state index contributed by atoms with van der Waals surface area (Å²) in [6, 6.07) is 6.26. The molecule has 6 nitrogen and oxygen atoms in total. The largest absolute Gasteiger partial charge is 0.386 e. The van der Waals surface area contributed by atoms with Crippen LogP contribution in [0.3, 0.4) is 0 Å². The van der Waals surface area contributed by atoms with Crippen LogP contribution in [0.4, 0.5) is 10.2 Å². The summed E-state index contributed by atoms with van der Waals surface area (Å²) in [5.41, 5.74) is 6.93. The van der Waals surface area contributed by atoms with E-state index in [4.69, 9.17) is 5.73 Å². The van der Waals surface area contributed by atoms with Gasteiger partial charge in [-0.15, -0.1) is 0 Å². The molecule has 0 radical (unpaired) electrons. The Morgan fingerprint density at radius 1 is 1.19 bits per heavy atom. The first-order valence-corrected chi connectivity index (χ1v) is 9.12. The Morgan fingerprint density at radius 2 is 1.93 bits per heavy atom. The van der Waals surface area contributed by atoms with E-state index in [1.807, 2.05) is 25.3 Å². The third-order valence-corrected chi connectivity index (χ3v) is 4.81. The van der Waals surface area contributed by atoms with E-state index in [0.717, 1.165) is 0 Å². The van der Waals surface area contributed by atoms with Crippen LogP contribution >= 0.6 is 0 Å². The first-order chi connectivity index (χ1) is 12.9. The van der Waals surface area contributed by atoms with Crippen molar-refractivity contribution < 1.29 is 9.50 Å². The number of halogens is 1. The summed E-state index contributed by atoms with van der Waals surface area (Å²) in [5, 5.41) is 10.4. The number of anilines is 1. The van der Waals surface area contributed by atoms with Gasteiger partial charge in [0.05, 0.1) is 5.60 Å². The van der Waals surface area contributed by atoms with E-state index >= 15 is 0 Å². The molecule has 142 valence electrons. The van der Waals surface area contributed by atoms with Crippen LogP contribution in [0.5, 0.6) is 0 Å². The molecule has 3 N–H and O–H groups in total. The fourth-order valence-electron chi connectivity index (χ4n) is 2.98. The predicted octanol–water partition coefficient (Wildman–Crippen LogP) is 3.80. The molecule has 0 spiro atoms. The summed E-state index contributed by atoms with van der Waals surface area (Å²) >= 11 is 0. The Kier molecular flexibility index (Phi) is 5.23. The molecule has 3 rings (SSSR count). The number of aryl methyl sites for hydroxylation is 1. The Hall–Kier alpha value is -2.80. The molecule has 0 aliphatic carbocycles. The molecular formula is C20H24FN5O. The minimum Gasteiger partial charge on any atom is -0.386 e. The lowest BCUT2D eigenvalue weighted by atomic mass is 9.97. The van der Waals surface area contributed by atoms with Gasteiger partial charge < -0.3 is 15.4 Å². The van der Waals surface area contributed by atoms with Crippen molar-refractivity contribution in [3.05, 3.63) is 42.0 Å². The van der Waals surface area contributed by atoms with Gasteiger partial charge in [-0.05, 0) is 44.1 Å². The van der Waals surface area contributed by atoms with Gasteiger partial charge in [-0.25, -0.2) is 19.3 Å². The van der Waals surface area contributed by atoms with Crippen LogP contribution in [0.1, 0.15) is 39.4 Å². The highest BCUT2D eigenvalue weighted by atomic mass is 19.1. The highest BCUT2D eigenvalue weighted by Gasteiger charge is 2.19. The van der Waals surface area contributed by atoms with Gasteiger partial charge in [0, 0.05) is 12.1 Å². The molecule has 7 heteroatoms. The number of fused-ring (bicyclic) bond motifs is 1. The zero-order valence-electron chi connectivity index (χ0n) is 15.8. The number of hydrogen-bond donors (Lipinski definition) is 2. The highest BCUT2D eigenvalue weighted by molar-refractivity contribution is 5.86. The van der Waals surface area contributed by atoms with Crippen molar-refractivity contribution in [3.63, 3.8) is 0 Å². The van der Waals surface area contributed by atoms with Crippen LogP contribution in [0.15, 0.2) is 30.3 Å². The summed E-state index contributed by atoms with van der Waals surface area (Å²) in [6.07, 6.45) is 4.56. The summed E-state index contributed by atoms with van der Waals surface area (Å²) in [5.74, 6) is 0.915. The molecule has 0 unspecified atom stereocenters. The first kappa shape index (κ1) is 19.0. The van der Waals surface area contributed by atoms with Gasteiger partial charge in [0.25, 0.3) is 0 Å². The average Bonchev–Trinajstić information content (AvgIpc) is 3.05. The maximum Gasteiger partial charge on any atom is 0.166 e. The van der Waals surface area contributed by atoms with Gasteiger partial charge >= 0.3 is 0 Å². The molecule has 0 bridgehead atoms. The Bertz CT molecular complexity index is 991. The van der Waals surface area contributed by atoms with E-state index in [2.05, 4.69) is 15.0 Å². The molecule has 27 heavy (non-hydrogen) atoms. The Balaban J connectivity index is 2.13. The van der Waals surface area contributed by atoms with Crippen molar-refractivity contribution in [1.82, 2.24) is 19.5 Å². The molecule has 2 heterocycles. The average molecular weight is 369 g/mol. The second-order valence-corrected chi connectivity index (χ2v) is 6.47. The molecule has 1 aromatic carbocycles. The topological polar surface area (TPSA) is 89.9 Å². The van der Waals surface area contributed by atoms with Crippen molar-refractivity contribution in [2.45, 2.75) is 45.8 Å². The monoisotopic (exact) mass is 369 g/mol. The number of nitrogen functional groups attached to an aromatic ring is 1. The van der Waals surface area contributed by atoms with E-state index in [9.17, 15) is 9.50 Å². The van der Waals surface area contributed by atoms with Crippen molar-refractivity contribution in [2.24, 2.45) is 0 Å². The molecule has 0 fully saturated rings. The second-order valence-electron chi connectivity index (χ2n) is 6.47. The normalized spacial score (nSPS) is 12.3. The van der Waals surface area contributed by atoms with Crippen LogP contribution in [0.2, 0.25) is 0 Å². The summed E-state index contributed by atoms with van der Waals surface area (Å²) in [6.45, 7) is 6.40. The van der Waals surface area contributed by atoms with Crippen molar-refractivity contribution >= 4 is 23.1 Å². The maximum absolute atomic E-state index is 13.6.